The highest BCUT2D eigenvalue weighted by atomic mass is 32.2. The first-order valence-electron chi connectivity index (χ1n) is 7.12. The van der Waals surface area contributed by atoms with Crippen LogP contribution in [0.4, 0.5) is 0 Å². The molecule has 0 aromatic carbocycles. The van der Waals surface area contributed by atoms with Gasteiger partial charge < -0.3 is 5.73 Å². The topological polar surface area (TPSA) is 63.4 Å². The van der Waals surface area contributed by atoms with Crippen LogP contribution in [0, 0.1) is 5.92 Å². The molecule has 0 aromatic heterocycles. The third-order valence-electron chi connectivity index (χ3n) is 3.77. The molecular formula is C13H28N2O2S. The Labute approximate surface area is 112 Å². The first kappa shape index (κ1) is 15.9. The molecule has 1 saturated carbocycles. The zero-order valence-corrected chi connectivity index (χ0v) is 12.7. The zero-order valence-electron chi connectivity index (χ0n) is 11.9. The maximum Gasteiger partial charge on any atom is 0.214 e. The van der Waals surface area contributed by atoms with Crippen molar-refractivity contribution in [3.8, 4) is 0 Å². The molecule has 0 unspecified atom stereocenters. The van der Waals surface area contributed by atoms with Crippen LogP contribution in [0.1, 0.15) is 52.9 Å². The predicted molar refractivity (Wildman–Crippen MR) is 75.9 cm³/mol. The number of nitrogens with two attached hydrogens (primary N) is 1. The van der Waals surface area contributed by atoms with Gasteiger partial charge in [-0.2, -0.15) is 4.31 Å². The van der Waals surface area contributed by atoms with E-state index < -0.39 is 10.0 Å². The molecule has 18 heavy (non-hydrogen) atoms. The van der Waals surface area contributed by atoms with E-state index in [4.69, 9.17) is 5.73 Å². The fourth-order valence-electron chi connectivity index (χ4n) is 2.57. The first-order valence-corrected chi connectivity index (χ1v) is 8.72. The Morgan fingerprint density at radius 2 is 1.78 bits per heavy atom. The van der Waals surface area contributed by atoms with E-state index in [9.17, 15) is 8.42 Å². The minimum Gasteiger partial charge on any atom is -0.328 e. The quantitative estimate of drug-likeness (QED) is 0.806. The summed E-state index contributed by atoms with van der Waals surface area (Å²) in [5.74, 6) is 0.708. The van der Waals surface area contributed by atoms with Crippen LogP contribution < -0.4 is 5.73 Å². The Morgan fingerprint density at radius 1 is 1.22 bits per heavy atom. The van der Waals surface area contributed by atoms with Crippen molar-refractivity contribution in [1.29, 1.82) is 0 Å². The maximum atomic E-state index is 12.3. The van der Waals surface area contributed by atoms with Gasteiger partial charge in [-0.3, -0.25) is 0 Å². The molecular weight excluding hydrogens is 248 g/mol. The maximum absolute atomic E-state index is 12.3. The Bertz CT molecular complexity index is 333. The summed E-state index contributed by atoms with van der Waals surface area (Å²) in [6.45, 7) is 6.64. The molecule has 0 bridgehead atoms. The second-order valence-corrected chi connectivity index (χ2v) is 7.81. The van der Waals surface area contributed by atoms with Gasteiger partial charge in [0.2, 0.25) is 10.0 Å². The van der Waals surface area contributed by atoms with Crippen molar-refractivity contribution < 1.29 is 8.42 Å². The lowest BCUT2D eigenvalue weighted by Crippen LogP contribution is -2.45. The van der Waals surface area contributed by atoms with E-state index in [0.29, 0.717) is 12.5 Å². The zero-order chi connectivity index (χ0) is 13.8. The van der Waals surface area contributed by atoms with Crippen molar-refractivity contribution in [3.63, 3.8) is 0 Å². The van der Waals surface area contributed by atoms with Crippen molar-refractivity contribution >= 4 is 10.0 Å². The third-order valence-corrected chi connectivity index (χ3v) is 5.79. The summed E-state index contributed by atoms with van der Waals surface area (Å²) in [6.07, 6.45) is 4.46. The summed E-state index contributed by atoms with van der Waals surface area (Å²) in [4.78, 5) is 0. The average molecular weight is 276 g/mol. The molecule has 4 nitrogen and oxygen atoms in total. The van der Waals surface area contributed by atoms with E-state index in [1.807, 2.05) is 6.92 Å². The van der Waals surface area contributed by atoms with Gasteiger partial charge in [0.05, 0.1) is 5.75 Å². The van der Waals surface area contributed by atoms with Gasteiger partial charge in [0.25, 0.3) is 0 Å². The number of rotatable bonds is 6. The lowest BCUT2D eigenvalue weighted by molar-refractivity contribution is 0.247. The lowest BCUT2D eigenvalue weighted by atomic mass is 9.92. The summed E-state index contributed by atoms with van der Waals surface area (Å²) in [7, 11) is -3.09. The first-order chi connectivity index (χ1) is 8.36. The molecule has 0 aliphatic heterocycles. The van der Waals surface area contributed by atoms with E-state index in [1.165, 1.54) is 0 Å². The van der Waals surface area contributed by atoms with Crippen LogP contribution in [0.3, 0.4) is 0 Å². The molecule has 5 heteroatoms. The standard InChI is InChI=1S/C13H28N2O2S/c1-4-15(13-7-5-12(14)6-8-13)18(16,17)10-9-11(2)3/h11-13H,4-10,14H2,1-3H3. The highest BCUT2D eigenvalue weighted by Crippen LogP contribution is 2.24. The molecule has 1 rings (SSSR count). The second-order valence-electron chi connectivity index (χ2n) is 5.77. The van der Waals surface area contributed by atoms with Crippen LogP contribution in [-0.4, -0.2) is 37.1 Å². The molecule has 0 amide bonds. The van der Waals surface area contributed by atoms with Crippen LogP contribution in [0.15, 0.2) is 0 Å². The Balaban J connectivity index is 2.64. The number of hydrogen-bond donors (Lipinski definition) is 1. The Morgan fingerprint density at radius 3 is 2.22 bits per heavy atom. The number of sulfonamides is 1. The average Bonchev–Trinajstić information content (AvgIpc) is 2.30. The minimum absolute atomic E-state index is 0.173. The van der Waals surface area contributed by atoms with Gasteiger partial charge in [-0.1, -0.05) is 20.8 Å². The molecule has 0 heterocycles. The third kappa shape index (κ3) is 4.52. The molecule has 0 spiro atoms. The molecule has 1 aliphatic rings. The van der Waals surface area contributed by atoms with Crippen molar-refractivity contribution in [2.24, 2.45) is 11.7 Å². The van der Waals surface area contributed by atoms with E-state index in [1.54, 1.807) is 4.31 Å². The minimum atomic E-state index is -3.09. The lowest BCUT2D eigenvalue weighted by Gasteiger charge is -2.34. The Hall–Kier alpha value is -0.130. The van der Waals surface area contributed by atoms with Crippen LogP contribution in [0.25, 0.3) is 0 Å². The number of nitrogens with zero attached hydrogens (tertiary/aromatic N) is 1. The Kier molecular flexibility index (Phi) is 6.08. The molecule has 0 atom stereocenters. The van der Waals surface area contributed by atoms with Gasteiger partial charge in [0.15, 0.2) is 0 Å². The summed E-state index contributed by atoms with van der Waals surface area (Å²) >= 11 is 0. The van der Waals surface area contributed by atoms with E-state index >= 15 is 0 Å². The van der Waals surface area contributed by atoms with Gasteiger partial charge >= 0.3 is 0 Å². The molecule has 2 N–H and O–H groups in total. The summed E-state index contributed by atoms with van der Waals surface area (Å²) < 4.78 is 26.4. The van der Waals surface area contributed by atoms with Gasteiger partial charge in [0.1, 0.15) is 0 Å². The fourth-order valence-corrected chi connectivity index (χ4v) is 4.64. The molecule has 0 aromatic rings. The van der Waals surface area contributed by atoms with E-state index in [-0.39, 0.29) is 17.8 Å². The van der Waals surface area contributed by atoms with Crippen LogP contribution in [-0.2, 0) is 10.0 Å². The summed E-state index contributed by atoms with van der Waals surface area (Å²) in [6, 6.07) is 0.435. The smallest absolute Gasteiger partial charge is 0.214 e. The second kappa shape index (κ2) is 6.87. The van der Waals surface area contributed by atoms with Gasteiger partial charge in [-0.05, 0) is 38.0 Å². The van der Waals surface area contributed by atoms with Crippen molar-refractivity contribution in [2.45, 2.75) is 65.0 Å². The van der Waals surface area contributed by atoms with E-state index in [0.717, 1.165) is 32.1 Å². The molecule has 0 saturated heterocycles. The van der Waals surface area contributed by atoms with Gasteiger partial charge in [-0.25, -0.2) is 8.42 Å². The van der Waals surface area contributed by atoms with Crippen LogP contribution in [0.2, 0.25) is 0 Å². The van der Waals surface area contributed by atoms with E-state index in [2.05, 4.69) is 13.8 Å². The van der Waals surface area contributed by atoms with Crippen molar-refractivity contribution in [3.05, 3.63) is 0 Å². The van der Waals surface area contributed by atoms with Crippen molar-refractivity contribution in [2.75, 3.05) is 12.3 Å². The summed E-state index contributed by atoms with van der Waals surface area (Å²) in [5.41, 5.74) is 5.88. The van der Waals surface area contributed by atoms with Crippen LogP contribution in [0.5, 0.6) is 0 Å². The SMILES string of the molecule is CCN(C1CCC(N)CC1)S(=O)(=O)CCC(C)C. The van der Waals surface area contributed by atoms with Gasteiger partial charge in [-0.15, -0.1) is 0 Å². The largest absolute Gasteiger partial charge is 0.328 e. The fraction of sp³-hybridized carbons (Fsp3) is 1.00. The summed E-state index contributed by atoms with van der Waals surface area (Å²) in [5, 5.41) is 0. The normalized spacial score (nSPS) is 25.9. The van der Waals surface area contributed by atoms with Crippen LogP contribution >= 0.6 is 0 Å². The predicted octanol–water partition coefficient (Wildman–Crippen LogP) is 1.95. The highest BCUT2D eigenvalue weighted by molar-refractivity contribution is 7.89. The molecule has 108 valence electrons. The molecule has 0 radical (unpaired) electrons. The molecule has 1 aliphatic carbocycles. The number of hydrogen-bond acceptors (Lipinski definition) is 3. The van der Waals surface area contributed by atoms with Gasteiger partial charge in [0, 0.05) is 18.6 Å². The monoisotopic (exact) mass is 276 g/mol. The highest BCUT2D eigenvalue weighted by Gasteiger charge is 2.31. The van der Waals surface area contributed by atoms with Crippen molar-refractivity contribution in [1.82, 2.24) is 4.31 Å². The molecule has 1 fully saturated rings.